The van der Waals surface area contributed by atoms with Crippen LogP contribution >= 0.6 is 15.9 Å². The van der Waals surface area contributed by atoms with Gasteiger partial charge < -0.3 is 4.90 Å². The number of nitrogens with zero attached hydrogens (tertiary/aromatic N) is 1. The van der Waals surface area contributed by atoms with Crippen molar-refractivity contribution >= 4 is 27.5 Å². The summed E-state index contributed by atoms with van der Waals surface area (Å²) in [4.78, 5) is 13.8. The maximum absolute atomic E-state index is 11.9. The van der Waals surface area contributed by atoms with E-state index in [1.807, 2.05) is 17.0 Å². The molecule has 1 aromatic carbocycles. The van der Waals surface area contributed by atoms with Crippen LogP contribution in [0.3, 0.4) is 0 Å². The maximum atomic E-state index is 11.9. The standard InChI is InChI=1S/C14H16BrNO/c1-3-10-5-6-13(12(15)7-10)16-9-11(4-2)8-14(16)17/h4-7,11H,2-3,8-9H2,1H3. The van der Waals surface area contributed by atoms with Crippen molar-refractivity contribution in [2.45, 2.75) is 19.8 Å². The Morgan fingerprint density at radius 2 is 2.35 bits per heavy atom. The molecule has 1 aliphatic rings. The van der Waals surface area contributed by atoms with Gasteiger partial charge in [0.25, 0.3) is 0 Å². The van der Waals surface area contributed by atoms with Crippen molar-refractivity contribution < 1.29 is 4.79 Å². The van der Waals surface area contributed by atoms with E-state index in [0.29, 0.717) is 6.42 Å². The van der Waals surface area contributed by atoms with E-state index in [0.717, 1.165) is 23.1 Å². The third-order valence-electron chi connectivity index (χ3n) is 3.20. The van der Waals surface area contributed by atoms with Crippen LogP contribution in [-0.2, 0) is 11.2 Å². The summed E-state index contributed by atoms with van der Waals surface area (Å²) in [5.41, 5.74) is 2.24. The Bertz CT molecular complexity index is 456. The van der Waals surface area contributed by atoms with Crippen LogP contribution in [0.15, 0.2) is 35.3 Å². The second-order valence-corrected chi connectivity index (χ2v) is 5.20. The second kappa shape index (κ2) is 5.05. The van der Waals surface area contributed by atoms with Crippen LogP contribution in [0.25, 0.3) is 0 Å². The Kier molecular flexibility index (Phi) is 3.67. The summed E-state index contributed by atoms with van der Waals surface area (Å²) in [6.07, 6.45) is 3.44. The molecule has 2 rings (SSSR count). The van der Waals surface area contributed by atoms with Gasteiger partial charge in [-0.3, -0.25) is 4.79 Å². The van der Waals surface area contributed by atoms with Crippen LogP contribution < -0.4 is 4.90 Å². The monoisotopic (exact) mass is 293 g/mol. The predicted molar refractivity (Wildman–Crippen MR) is 74.2 cm³/mol. The van der Waals surface area contributed by atoms with E-state index >= 15 is 0 Å². The summed E-state index contributed by atoms with van der Waals surface area (Å²) in [6.45, 7) is 6.63. The second-order valence-electron chi connectivity index (χ2n) is 4.34. The lowest BCUT2D eigenvalue weighted by Crippen LogP contribution is -2.24. The Hall–Kier alpha value is -1.09. The zero-order chi connectivity index (χ0) is 12.4. The number of hydrogen-bond donors (Lipinski definition) is 0. The van der Waals surface area contributed by atoms with Gasteiger partial charge in [-0.25, -0.2) is 0 Å². The molecule has 1 unspecified atom stereocenters. The van der Waals surface area contributed by atoms with E-state index in [2.05, 4.69) is 41.6 Å². The highest BCUT2D eigenvalue weighted by Gasteiger charge is 2.29. The van der Waals surface area contributed by atoms with Crippen LogP contribution in [0, 0.1) is 5.92 Å². The fourth-order valence-electron chi connectivity index (χ4n) is 2.12. The SMILES string of the molecule is C=CC1CC(=O)N(c2ccc(CC)cc2Br)C1. The molecular weight excluding hydrogens is 278 g/mol. The normalized spacial score (nSPS) is 19.8. The fraction of sp³-hybridized carbons (Fsp3) is 0.357. The molecule has 17 heavy (non-hydrogen) atoms. The first-order valence-corrected chi connectivity index (χ1v) is 6.66. The number of benzene rings is 1. The van der Waals surface area contributed by atoms with Gasteiger partial charge in [0.1, 0.15) is 0 Å². The first-order chi connectivity index (χ1) is 8.15. The van der Waals surface area contributed by atoms with Gasteiger partial charge in [-0.15, -0.1) is 6.58 Å². The molecule has 3 heteroatoms. The van der Waals surface area contributed by atoms with Crippen LogP contribution in [0.5, 0.6) is 0 Å². The molecule has 1 aliphatic heterocycles. The summed E-state index contributed by atoms with van der Waals surface area (Å²) < 4.78 is 0.995. The van der Waals surface area contributed by atoms with Crippen molar-refractivity contribution in [3.05, 3.63) is 40.9 Å². The van der Waals surface area contributed by atoms with Gasteiger partial charge in [0.15, 0.2) is 0 Å². The van der Waals surface area contributed by atoms with Crippen molar-refractivity contribution in [3.63, 3.8) is 0 Å². The van der Waals surface area contributed by atoms with E-state index < -0.39 is 0 Å². The lowest BCUT2D eigenvalue weighted by Gasteiger charge is -2.18. The minimum absolute atomic E-state index is 0.180. The molecule has 1 saturated heterocycles. The number of anilines is 1. The molecule has 0 saturated carbocycles. The number of rotatable bonds is 3. The molecule has 0 N–H and O–H groups in total. The molecule has 1 fully saturated rings. The fourth-order valence-corrected chi connectivity index (χ4v) is 2.76. The molecule has 0 spiro atoms. The molecule has 0 aromatic heterocycles. The van der Waals surface area contributed by atoms with E-state index in [-0.39, 0.29) is 11.8 Å². The third-order valence-corrected chi connectivity index (χ3v) is 3.83. The average Bonchev–Trinajstić information content (AvgIpc) is 2.70. The van der Waals surface area contributed by atoms with Gasteiger partial charge in [0.2, 0.25) is 5.91 Å². The Morgan fingerprint density at radius 3 is 2.88 bits per heavy atom. The molecule has 1 atom stereocenters. The summed E-state index contributed by atoms with van der Waals surface area (Å²) in [7, 11) is 0. The molecule has 1 heterocycles. The molecule has 0 bridgehead atoms. The molecule has 2 nitrogen and oxygen atoms in total. The Labute approximate surface area is 110 Å². The molecular formula is C14H16BrNO. The lowest BCUT2D eigenvalue weighted by atomic mass is 10.1. The number of carbonyl (C=O) groups is 1. The van der Waals surface area contributed by atoms with Crippen LogP contribution in [0.4, 0.5) is 5.69 Å². The van der Waals surface area contributed by atoms with Crippen LogP contribution in [0.2, 0.25) is 0 Å². The number of amides is 1. The number of hydrogen-bond acceptors (Lipinski definition) is 1. The van der Waals surface area contributed by atoms with Gasteiger partial charge in [0, 0.05) is 23.4 Å². The highest BCUT2D eigenvalue weighted by molar-refractivity contribution is 9.10. The first-order valence-electron chi connectivity index (χ1n) is 5.87. The lowest BCUT2D eigenvalue weighted by molar-refractivity contribution is -0.117. The largest absolute Gasteiger partial charge is 0.311 e. The van der Waals surface area contributed by atoms with Crippen LogP contribution in [0.1, 0.15) is 18.9 Å². The molecule has 1 aromatic rings. The summed E-state index contributed by atoms with van der Waals surface area (Å²) in [5.74, 6) is 0.458. The zero-order valence-electron chi connectivity index (χ0n) is 9.95. The van der Waals surface area contributed by atoms with E-state index in [1.54, 1.807) is 0 Å². The smallest absolute Gasteiger partial charge is 0.227 e. The minimum atomic E-state index is 0.180. The number of halogens is 1. The molecule has 0 radical (unpaired) electrons. The van der Waals surface area contributed by atoms with Crippen molar-refractivity contribution in [3.8, 4) is 0 Å². The molecule has 0 aliphatic carbocycles. The zero-order valence-corrected chi connectivity index (χ0v) is 11.5. The van der Waals surface area contributed by atoms with E-state index in [9.17, 15) is 4.79 Å². The molecule has 1 amide bonds. The number of aryl methyl sites for hydroxylation is 1. The van der Waals surface area contributed by atoms with Gasteiger partial charge in [0.05, 0.1) is 5.69 Å². The highest BCUT2D eigenvalue weighted by atomic mass is 79.9. The number of carbonyl (C=O) groups excluding carboxylic acids is 1. The summed E-state index contributed by atoms with van der Waals surface area (Å²) in [5, 5.41) is 0. The Morgan fingerprint density at radius 1 is 1.59 bits per heavy atom. The van der Waals surface area contributed by atoms with Crippen molar-refractivity contribution in [2.75, 3.05) is 11.4 Å². The quantitative estimate of drug-likeness (QED) is 0.781. The van der Waals surface area contributed by atoms with Crippen molar-refractivity contribution in [2.24, 2.45) is 5.92 Å². The van der Waals surface area contributed by atoms with Crippen molar-refractivity contribution in [1.29, 1.82) is 0 Å². The molecule has 90 valence electrons. The predicted octanol–water partition coefficient (Wildman–Crippen LogP) is 3.55. The van der Waals surface area contributed by atoms with Gasteiger partial charge in [-0.1, -0.05) is 19.1 Å². The van der Waals surface area contributed by atoms with Gasteiger partial charge >= 0.3 is 0 Å². The van der Waals surface area contributed by atoms with Gasteiger partial charge in [-0.2, -0.15) is 0 Å². The highest BCUT2D eigenvalue weighted by Crippen LogP contribution is 2.32. The van der Waals surface area contributed by atoms with E-state index in [4.69, 9.17) is 0 Å². The Balaban J connectivity index is 2.28. The third kappa shape index (κ3) is 2.44. The van der Waals surface area contributed by atoms with Crippen LogP contribution in [-0.4, -0.2) is 12.5 Å². The van der Waals surface area contributed by atoms with Gasteiger partial charge in [-0.05, 0) is 40.0 Å². The first kappa shape index (κ1) is 12.4. The average molecular weight is 294 g/mol. The topological polar surface area (TPSA) is 20.3 Å². The summed E-state index contributed by atoms with van der Waals surface area (Å²) in [6, 6.07) is 6.19. The summed E-state index contributed by atoms with van der Waals surface area (Å²) >= 11 is 3.55. The van der Waals surface area contributed by atoms with Crippen molar-refractivity contribution in [1.82, 2.24) is 0 Å². The minimum Gasteiger partial charge on any atom is -0.311 e. The maximum Gasteiger partial charge on any atom is 0.227 e. The van der Waals surface area contributed by atoms with E-state index in [1.165, 1.54) is 5.56 Å².